The number of carbonyl (C=O) groups excluding carboxylic acids is 1. The van der Waals surface area contributed by atoms with Crippen LogP contribution in [0.25, 0.3) is 27.9 Å². The molecule has 3 heterocycles. The lowest BCUT2D eigenvalue weighted by atomic mass is 10.1. The van der Waals surface area contributed by atoms with Gasteiger partial charge in [-0.05, 0) is 36.2 Å². The average Bonchev–Trinajstić information content (AvgIpc) is 3.26. The first-order valence-electron chi connectivity index (χ1n) is 12.9. The zero-order chi connectivity index (χ0) is 27.6. The van der Waals surface area contributed by atoms with Crippen LogP contribution in [0.15, 0.2) is 72.8 Å². The summed E-state index contributed by atoms with van der Waals surface area (Å²) < 4.78 is 1.77. The van der Waals surface area contributed by atoms with Crippen molar-refractivity contribution < 1.29 is 9.72 Å². The summed E-state index contributed by atoms with van der Waals surface area (Å²) in [6, 6.07) is 21.4. The zero-order valence-electron chi connectivity index (χ0n) is 21.4. The van der Waals surface area contributed by atoms with Crippen molar-refractivity contribution in [1.82, 2.24) is 29.8 Å². The number of anilines is 1. The van der Waals surface area contributed by atoms with Gasteiger partial charge in [-0.25, -0.2) is 14.2 Å². The number of amides is 2. The number of benzene rings is 3. The maximum absolute atomic E-state index is 13.0. The lowest BCUT2D eigenvalue weighted by Gasteiger charge is -2.24. The Hall–Kier alpha value is -4.77. The number of urea groups is 1. The Morgan fingerprint density at radius 2 is 1.77 bits per heavy atom. The van der Waals surface area contributed by atoms with E-state index in [0.717, 1.165) is 10.9 Å². The van der Waals surface area contributed by atoms with Crippen molar-refractivity contribution >= 4 is 45.8 Å². The molecule has 12 heteroatoms. The van der Waals surface area contributed by atoms with Crippen LogP contribution in [0.3, 0.4) is 0 Å². The fourth-order valence-corrected chi connectivity index (χ4v) is 5.17. The standard InChI is InChI=1S/C28H25ClN8O3/c29-20-11-12-21-23(17-20)31-27(36-25(21)32-33-26(36)22-9-4-5-10-24(22)37(39)40)34-13-6-14-35(16-15-34)28(38)30-18-19-7-2-1-3-8-19/h1-5,7-12,17H,6,13-16,18H2,(H,30,38). The molecule has 0 bridgehead atoms. The summed E-state index contributed by atoms with van der Waals surface area (Å²) >= 11 is 6.30. The fourth-order valence-electron chi connectivity index (χ4n) is 5.01. The van der Waals surface area contributed by atoms with Gasteiger partial charge in [-0.15, -0.1) is 10.2 Å². The second-order valence-electron chi connectivity index (χ2n) is 9.50. The maximum Gasteiger partial charge on any atom is 0.317 e. The van der Waals surface area contributed by atoms with E-state index < -0.39 is 4.92 Å². The molecule has 1 saturated heterocycles. The highest BCUT2D eigenvalue weighted by molar-refractivity contribution is 6.31. The van der Waals surface area contributed by atoms with Crippen LogP contribution in [-0.4, -0.2) is 61.6 Å². The van der Waals surface area contributed by atoms with Crippen LogP contribution in [0.4, 0.5) is 16.4 Å². The molecule has 6 rings (SSSR count). The molecule has 0 spiro atoms. The maximum atomic E-state index is 13.0. The first-order chi connectivity index (χ1) is 19.5. The largest absolute Gasteiger partial charge is 0.340 e. The molecule has 11 nitrogen and oxygen atoms in total. The summed E-state index contributed by atoms with van der Waals surface area (Å²) in [6.45, 7) is 2.62. The van der Waals surface area contributed by atoms with Gasteiger partial charge in [0.25, 0.3) is 5.69 Å². The Morgan fingerprint density at radius 3 is 2.60 bits per heavy atom. The van der Waals surface area contributed by atoms with Crippen LogP contribution in [0.5, 0.6) is 0 Å². The number of nitro groups is 1. The molecule has 0 atom stereocenters. The number of para-hydroxylation sites is 1. The van der Waals surface area contributed by atoms with Crippen molar-refractivity contribution in [3.63, 3.8) is 0 Å². The third-order valence-corrected chi connectivity index (χ3v) is 7.21. The van der Waals surface area contributed by atoms with Gasteiger partial charge in [0.15, 0.2) is 11.5 Å². The molecule has 0 unspecified atom stereocenters. The molecular weight excluding hydrogens is 532 g/mol. The zero-order valence-corrected chi connectivity index (χ0v) is 22.2. The molecular formula is C28H25ClN8O3. The molecule has 2 aromatic heterocycles. The highest BCUT2D eigenvalue weighted by Gasteiger charge is 2.27. The molecule has 2 amide bonds. The van der Waals surface area contributed by atoms with E-state index in [-0.39, 0.29) is 11.7 Å². The monoisotopic (exact) mass is 556 g/mol. The predicted octanol–water partition coefficient (Wildman–Crippen LogP) is 4.93. The van der Waals surface area contributed by atoms with E-state index in [1.54, 1.807) is 39.6 Å². The second kappa shape index (κ2) is 10.8. The molecule has 202 valence electrons. The van der Waals surface area contributed by atoms with Crippen molar-refractivity contribution in [3.05, 3.63) is 93.5 Å². The van der Waals surface area contributed by atoms with Gasteiger partial charge in [0.2, 0.25) is 5.95 Å². The average molecular weight is 557 g/mol. The van der Waals surface area contributed by atoms with Gasteiger partial charge < -0.3 is 15.1 Å². The number of rotatable bonds is 5. The SMILES string of the molecule is O=C(NCc1ccccc1)N1CCCN(c2nc3cc(Cl)ccc3c3nnc(-c4ccccc4[N+](=O)[O-])n23)CC1. The van der Waals surface area contributed by atoms with Crippen LogP contribution in [0.1, 0.15) is 12.0 Å². The van der Waals surface area contributed by atoms with E-state index in [2.05, 4.69) is 20.4 Å². The van der Waals surface area contributed by atoms with Gasteiger partial charge in [0, 0.05) is 49.2 Å². The number of carbonyl (C=O) groups is 1. The summed E-state index contributed by atoms with van der Waals surface area (Å²) in [5, 5.41) is 24.9. The lowest BCUT2D eigenvalue weighted by Crippen LogP contribution is -2.42. The number of fused-ring (bicyclic) bond motifs is 3. The second-order valence-corrected chi connectivity index (χ2v) is 9.94. The molecule has 5 aromatic rings. The van der Waals surface area contributed by atoms with Crippen LogP contribution in [0, 0.1) is 10.1 Å². The number of halogens is 1. The normalized spacial score (nSPS) is 13.9. The van der Waals surface area contributed by atoms with E-state index in [4.69, 9.17) is 16.6 Å². The molecule has 1 aliphatic heterocycles. The Labute approximate surface area is 234 Å². The predicted molar refractivity (Wildman–Crippen MR) is 152 cm³/mol. The number of hydrogen-bond acceptors (Lipinski definition) is 7. The third kappa shape index (κ3) is 4.87. The van der Waals surface area contributed by atoms with Crippen LogP contribution in [0.2, 0.25) is 5.02 Å². The summed E-state index contributed by atoms with van der Waals surface area (Å²) in [5.41, 5.74) is 2.46. The van der Waals surface area contributed by atoms with Gasteiger partial charge in [0.05, 0.1) is 16.0 Å². The molecule has 1 N–H and O–H groups in total. The van der Waals surface area contributed by atoms with Crippen LogP contribution >= 0.6 is 11.6 Å². The molecule has 0 aliphatic carbocycles. The van der Waals surface area contributed by atoms with Crippen molar-refractivity contribution in [2.75, 3.05) is 31.1 Å². The molecule has 1 fully saturated rings. The van der Waals surface area contributed by atoms with Gasteiger partial charge in [-0.1, -0.05) is 54.1 Å². The smallest absolute Gasteiger partial charge is 0.317 e. The summed E-state index contributed by atoms with van der Waals surface area (Å²) in [7, 11) is 0. The third-order valence-electron chi connectivity index (χ3n) is 6.98. The number of aromatic nitrogens is 4. The minimum atomic E-state index is -0.428. The topological polar surface area (TPSA) is 122 Å². The Kier molecular flexibility index (Phi) is 6.87. The van der Waals surface area contributed by atoms with Gasteiger partial charge in [0.1, 0.15) is 0 Å². The highest BCUT2D eigenvalue weighted by Crippen LogP contribution is 2.33. The highest BCUT2D eigenvalue weighted by atomic mass is 35.5. The van der Waals surface area contributed by atoms with Gasteiger partial charge in [-0.3, -0.25) is 10.1 Å². The molecule has 0 saturated carbocycles. The molecule has 0 radical (unpaired) electrons. The van der Waals surface area contributed by atoms with Crippen molar-refractivity contribution in [2.45, 2.75) is 13.0 Å². The molecule has 1 aliphatic rings. The minimum absolute atomic E-state index is 0.0731. The molecule has 40 heavy (non-hydrogen) atoms. The number of nitro benzene ring substituents is 1. The lowest BCUT2D eigenvalue weighted by molar-refractivity contribution is -0.384. The van der Waals surface area contributed by atoms with Gasteiger partial charge >= 0.3 is 6.03 Å². The van der Waals surface area contributed by atoms with Gasteiger partial charge in [-0.2, -0.15) is 0 Å². The summed E-state index contributed by atoms with van der Waals surface area (Å²) in [4.78, 5) is 33.2. The first-order valence-corrected chi connectivity index (χ1v) is 13.3. The summed E-state index contributed by atoms with van der Waals surface area (Å²) in [5.74, 6) is 0.859. The van der Waals surface area contributed by atoms with E-state index in [0.29, 0.717) is 72.7 Å². The van der Waals surface area contributed by atoms with Crippen molar-refractivity contribution in [1.29, 1.82) is 0 Å². The molecule has 3 aromatic carbocycles. The van der Waals surface area contributed by atoms with E-state index in [9.17, 15) is 14.9 Å². The van der Waals surface area contributed by atoms with Crippen LogP contribution < -0.4 is 10.2 Å². The minimum Gasteiger partial charge on any atom is -0.340 e. The van der Waals surface area contributed by atoms with E-state index in [1.807, 2.05) is 36.4 Å². The quantitative estimate of drug-likeness (QED) is 0.240. The number of hydrogen-bond donors (Lipinski definition) is 1. The Morgan fingerprint density at radius 1 is 0.975 bits per heavy atom. The van der Waals surface area contributed by atoms with Crippen molar-refractivity contribution in [2.24, 2.45) is 0 Å². The fraction of sp³-hybridized carbons (Fsp3) is 0.214. The van der Waals surface area contributed by atoms with Crippen molar-refractivity contribution in [3.8, 4) is 11.4 Å². The van der Waals surface area contributed by atoms with E-state index in [1.165, 1.54) is 6.07 Å². The first kappa shape index (κ1) is 25.5. The number of nitrogens with zero attached hydrogens (tertiary/aromatic N) is 7. The Balaban J connectivity index is 1.36. The van der Waals surface area contributed by atoms with E-state index >= 15 is 0 Å². The van der Waals surface area contributed by atoms with Crippen LogP contribution in [-0.2, 0) is 6.54 Å². The Bertz CT molecular complexity index is 1730. The summed E-state index contributed by atoms with van der Waals surface area (Å²) in [6.07, 6.45) is 0.707. The number of nitrogens with one attached hydrogen (secondary N) is 1.